The van der Waals surface area contributed by atoms with Crippen molar-refractivity contribution in [3.63, 3.8) is 0 Å². The van der Waals surface area contributed by atoms with E-state index in [4.69, 9.17) is 0 Å². The zero-order valence-electron chi connectivity index (χ0n) is 13.8. The number of aromatic amines is 1. The smallest absolute Gasteiger partial charge is 0.334 e. The average molecular weight is 383 g/mol. The minimum atomic E-state index is -4.60. The number of fused-ring (bicyclic) bond motifs is 1. The highest BCUT2D eigenvalue weighted by Crippen LogP contribution is 2.29. The number of aryl methyl sites for hydroxylation is 1. The summed E-state index contributed by atoms with van der Waals surface area (Å²) in [6, 6.07) is 10.5. The third-order valence-electron chi connectivity index (χ3n) is 3.77. The molecular weight excluding hydrogens is 367 g/mol. The van der Waals surface area contributed by atoms with E-state index in [-0.39, 0.29) is 21.6 Å². The van der Waals surface area contributed by atoms with Crippen molar-refractivity contribution in [1.29, 1.82) is 0 Å². The molecular formula is C17H16F3N3O2S. The number of sulfonamides is 1. The molecule has 26 heavy (non-hydrogen) atoms. The molecule has 0 radical (unpaired) electrons. The van der Waals surface area contributed by atoms with Crippen LogP contribution in [0, 0.1) is 0 Å². The Bertz CT molecular complexity index is 1030. The summed E-state index contributed by atoms with van der Waals surface area (Å²) in [5.41, 5.74) is 1.37. The molecule has 0 aliphatic carbocycles. The molecule has 138 valence electrons. The fourth-order valence-electron chi connectivity index (χ4n) is 2.55. The van der Waals surface area contributed by atoms with Crippen molar-refractivity contribution in [2.75, 3.05) is 4.72 Å². The quantitative estimate of drug-likeness (QED) is 0.688. The molecule has 0 aliphatic heterocycles. The lowest BCUT2D eigenvalue weighted by Crippen LogP contribution is -2.12. The van der Waals surface area contributed by atoms with Crippen LogP contribution in [0.2, 0.25) is 0 Å². The number of nitrogens with one attached hydrogen (secondary N) is 2. The Labute approximate surface area is 148 Å². The largest absolute Gasteiger partial charge is 0.449 e. The molecule has 3 rings (SSSR count). The zero-order valence-corrected chi connectivity index (χ0v) is 14.6. The second-order valence-corrected chi connectivity index (χ2v) is 7.50. The van der Waals surface area contributed by atoms with E-state index in [2.05, 4.69) is 14.7 Å². The summed E-state index contributed by atoms with van der Waals surface area (Å²) in [7, 11) is -3.84. The molecule has 2 N–H and O–H groups in total. The number of rotatable bonds is 5. The normalized spacial score (nSPS) is 12.5. The Morgan fingerprint density at radius 3 is 2.42 bits per heavy atom. The standard InChI is InChI=1S/C17H16F3N3O2S/c1-2-3-11-4-7-13(8-5-11)26(24,25)23-12-6-9-14-15(10-12)22-16(21-14)17(18,19)20/h4-10,23H,2-3H2,1H3,(H,21,22). The number of alkyl halides is 3. The lowest BCUT2D eigenvalue weighted by molar-refractivity contribution is -0.144. The van der Waals surface area contributed by atoms with E-state index in [1.807, 2.05) is 6.92 Å². The van der Waals surface area contributed by atoms with Crippen LogP contribution in [0.15, 0.2) is 47.4 Å². The van der Waals surface area contributed by atoms with Crippen LogP contribution in [0.5, 0.6) is 0 Å². The van der Waals surface area contributed by atoms with Crippen molar-refractivity contribution < 1.29 is 21.6 Å². The van der Waals surface area contributed by atoms with Gasteiger partial charge in [0.25, 0.3) is 10.0 Å². The van der Waals surface area contributed by atoms with E-state index in [9.17, 15) is 21.6 Å². The summed E-state index contributed by atoms with van der Waals surface area (Å²) < 4.78 is 65.4. The molecule has 0 unspecified atom stereocenters. The Balaban J connectivity index is 1.87. The fourth-order valence-corrected chi connectivity index (χ4v) is 3.59. The molecule has 0 saturated heterocycles. The van der Waals surface area contributed by atoms with Gasteiger partial charge in [-0.15, -0.1) is 0 Å². The number of aromatic nitrogens is 2. The van der Waals surface area contributed by atoms with Gasteiger partial charge in [-0.1, -0.05) is 25.5 Å². The van der Waals surface area contributed by atoms with Crippen molar-refractivity contribution >= 4 is 26.7 Å². The molecule has 0 amide bonds. The topological polar surface area (TPSA) is 74.8 Å². The highest BCUT2D eigenvalue weighted by atomic mass is 32.2. The van der Waals surface area contributed by atoms with Gasteiger partial charge < -0.3 is 4.98 Å². The molecule has 0 aliphatic rings. The number of halogens is 3. The van der Waals surface area contributed by atoms with Crippen LogP contribution in [-0.2, 0) is 22.6 Å². The first-order valence-corrected chi connectivity index (χ1v) is 9.36. The van der Waals surface area contributed by atoms with Gasteiger partial charge >= 0.3 is 6.18 Å². The first kappa shape index (κ1) is 18.2. The predicted molar refractivity (Wildman–Crippen MR) is 92.3 cm³/mol. The highest BCUT2D eigenvalue weighted by Gasteiger charge is 2.34. The van der Waals surface area contributed by atoms with E-state index >= 15 is 0 Å². The summed E-state index contributed by atoms with van der Waals surface area (Å²) in [6.45, 7) is 2.03. The van der Waals surface area contributed by atoms with E-state index in [0.717, 1.165) is 18.4 Å². The second kappa shape index (κ2) is 6.64. The molecule has 0 bridgehead atoms. The van der Waals surface area contributed by atoms with Crippen LogP contribution in [0.4, 0.5) is 18.9 Å². The van der Waals surface area contributed by atoms with Gasteiger partial charge in [-0.05, 0) is 42.3 Å². The van der Waals surface area contributed by atoms with Crippen LogP contribution >= 0.6 is 0 Å². The molecule has 0 atom stereocenters. The first-order valence-electron chi connectivity index (χ1n) is 7.88. The second-order valence-electron chi connectivity index (χ2n) is 5.81. The fraction of sp³-hybridized carbons (Fsp3) is 0.235. The third kappa shape index (κ3) is 3.82. The molecule has 1 aromatic heterocycles. The van der Waals surface area contributed by atoms with Gasteiger partial charge in [-0.3, -0.25) is 4.72 Å². The molecule has 0 fully saturated rings. The lowest BCUT2D eigenvalue weighted by Gasteiger charge is -2.09. The van der Waals surface area contributed by atoms with Crippen LogP contribution in [0.25, 0.3) is 11.0 Å². The Kier molecular flexibility index (Phi) is 4.66. The van der Waals surface area contributed by atoms with Gasteiger partial charge in [0.1, 0.15) is 0 Å². The van der Waals surface area contributed by atoms with E-state index in [1.54, 1.807) is 12.1 Å². The predicted octanol–water partition coefficient (Wildman–Crippen LogP) is 4.34. The van der Waals surface area contributed by atoms with Crippen molar-refractivity contribution in [1.82, 2.24) is 9.97 Å². The summed E-state index contributed by atoms with van der Waals surface area (Å²) in [5.74, 6) is -1.13. The molecule has 1 heterocycles. The number of nitrogens with zero attached hydrogens (tertiary/aromatic N) is 1. The van der Waals surface area contributed by atoms with Crippen LogP contribution in [-0.4, -0.2) is 18.4 Å². The summed E-state index contributed by atoms with van der Waals surface area (Å²) in [5, 5.41) is 0. The lowest BCUT2D eigenvalue weighted by atomic mass is 10.1. The molecule has 5 nitrogen and oxygen atoms in total. The van der Waals surface area contributed by atoms with Crippen LogP contribution in [0.3, 0.4) is 0 Å². The maximum atomic E-state index is 12.7. The van der Waals surface area contributed by atoms with Crippen molar-refractivity contribution in [3.05, 3.63) is 53.9 Å². The van der Waals surface area contributed by atoms with Crippen LogP contribution < -0.4 is 4.72 Å². The van der Waals surface area contributed by atoms with Crippen molar-refractivity contribution in [3.8, 4) is 0 Å². The van der Waals surface area contributed by atoms with Gasteiger partial charge in [-0.2, -0.15) is 13.2 Å². The van der Waals surface area contributed by atoms with E-state index in [0.29, 0.717) is 0 Å². The number of H-pyrrole nitrogens is 1. The molecule has 0 saturated carbocycles. The number of anilines is 1. The van der Waals surface area contributed by atoms with E-state index < -0.39 is 22.0 Å². The van der Waals surface area contributed by atoms with Gasteiger partial charge in [0.15, 0.2) is 0 Å². The maximum absolute atomic E-state index is 12.7. The summed E-state index contributed by atoms with van der Waals surface area (Å²) in [4.78, 5) is 5.68. The Morgan fingerprint density at radius 1 is 1.12 bits per heavy atom. The minimum Gasteiger partial charge on any atom is -0.334 e. The van der Waals surface area contributed by atoms with Gasteiger partial charge in [-0.25, -0.2) is 13.4 Å². The minimum absolute atomic E-state index is 0.0815. The third-order valence-corrected chi connectivity index (χ3v) is 5.17. The molecule has 0 spiro atoms. The number of benzene rings is 2. The monoisotopic (exact) mass is 383 g/mol. The Morgan fingerprint density at radius 2 is 1.81 bits per heavy atom. The average Bonchev–Trinajstić information content (AvgIpc) is 2.99. The Hall–Kier alpha value is -2.55. The number of hydrogen-bond acceptors (Lipinski definition) is 3. The number of hydrogen-bond donors (Lipinski definition) is 2. The van der Waals surface area contributed by atoms with Gasteiger partial charge in [0.2, 0.25) is 5.82 Å². The summed E-state index contributed by atoms with van der Waals surface area (Å²) >= 11 is 0. The molecule has 3 aromatic rings. The molecule has 9 heteroatoms. The number of imidazole rings is 1. The van der Waals surface area contributed by atoms with Crippen molar-refractivity contribution in [2.24, 2.45) is 0 Å². The van der Waals surface area contributed by atoms with Crippen molar-refractivity contribution in [2.45, 2.75) is 30.8 Å². The van der Waals surface area contributed by atoms with E-state index in [1.165, 1.54) is 30.3 Å². The first-order chi connectivity index (χ1) is 12.2. The molecule has 2 aromatic carbocycles. The maximum Gasteiger partial charge on any atom is 0.449 e. The highest BCUT2D eigenvalue weighted by molar-refractivity contribution is 7.92. The SMILES string of the molecule is CCCc1ccc(S(=O)(=O)Nc2ccc3nc(C(F)(F)F)[nH]c3c2)cc1. The summed E-state index contributed by atoms with van der Waals surface area (Å²) in [6.07, 6.45) is -2.79. The van der Waals surface area contributed by atoms with Crippen LogP contribution in [0.1, 0.15) is 24.7 Å². The van der Waals surface area contributed by atoms with Gasteiger partial charge in [0, 0.05) is 0 Å². The van der Waals surface area contributed by atoms with Gasteiger partial charge in [0.05, 0.1) is 21.6 Å². The zero-order chi connectivity index (χ0) is 18.9.